The molecule has 4 heteroatoms. The van der Waals surface area contributed by atoms with Crippen molar-refractivity contribution in [3.05, 3.63) is 30.2 Å². The lowest BCUT2D eigenvalue weighted by Crippen LogP contribution is -1.93. The van der Waals surface area contributed by atoms with Gasteiger partial charge in [0, 0.05) is 6.42 Å². The van der Waals surface area contributed by atoms with E-state index in [1.54, 1.807) is 18.2 Å². The smallest absolute Gasteiger partial charge is 0.227 e. The van der Waals surface area contributed by atoms with Crippen LogP contribution in [0.5, 0.6) is 5.75 Å². The summed E-state index contributed by atoms with van der Waals surface area (Å²) in [5.41, 5.74) is 0.598. The second-order valence-electron chi connectivity index (χ2n) is 4.13. The number of phenolic OH excluding ortho intramolecular Hbond substituents is 1. The van der Waals surface area contributed by atoms with Crippen molar-refractivity contribution in [3.8, 4) is 17.1 Å². The highest BCUT2D eigenvalue weighted by atomic mass is 16.5. The first kappa shape index (κ1) is 10.7. The molecule has 0 saturated carbocycles. The number of benzene rings is 1. The molecule has 1 N–H and O–H groups in total. The molecule has 4 nitrogen and oxygen atoms in total. The number of aromatic nitrogens is 2. The van der Waals surface area contributed by atoms with Gasteiger partial charge in [0.15, 0.2) is 0 Å². The van der Waals surface area contributed by atoms with E-state index >= 15 is 0 Å². The number of phenols is 1. The number of aromatic hydroxyl groups is 1. The standard InChI is InChI=1S/C12H14N2O2/c1-8(2)7-11-13-12(14-16-11)9-5-3-4-6-10(9)15/h3-6,8,15H,7H2,1-2H3. The van der Waals surface area contributed by atoms with Gasteiger partial charge < -0.3 is 9.63 Å². The summed E-state index contributed by atoms with van der Waals surface area (Å²) in [7, 11) is 0. The van der Waals surface area contributed by atoms with Gasteiger partial charge in [-0.3, -0.25) is 0 Å². The molecule has 1 aromatic heterocycles. The molecule has 84 valence electrons. The third-order valence-corrected chi connectivity index (χ3v) is 2.20. The summed E-state index contributed by atoms with van der Waals surface area (Å²) in [6, 6.07) is 6.95. The van der Waals surface area contributed by atoms with Gasteiger partial charge in [0.1, 0.15) is 5.75 Å². The zero-order chi connectivity index (χ0) is 11.5. The van der Waals surface area contributed by atoms with E-state index in [2.05, 4.69) is 24.0 Å². The molecule has 0 atom stereocenters. The molecule has 0 amide bonds. The number of para-hydroxylation sites is 1. The van der Waals surface area contributed by atoms with E-state index in [4.69, 9.17) is 4.52 Å². The van der Waals surface area contributed by atoms with Gasteiger partial charge in [0.05, 0.1) is 5.56 Å². The van der Waals surface area contributed by atoms with Gasteiger partial charge in [0.25, 0.3) is 0 Å². The molecule has 0 aliphatic heterocycles. The molecule has 0 fully saturated rings. The van der Waals surface area contributed by atoms with E-state index in [0.717, 1.165) is 6.42 Å². The third kappa shape index (κ3) is 2.21. The van der Waals surface area contributed by atoms with Crippen LogP contribution in [0.3, 0.4) is 0 Å². The fourth-order valence-corrected chi connectivity index (χ4v) is 1.46. The largest absolute Gasteiger partial charge is 0.507 e. The predicted molar refractivity (Wildman–Crippen MR) is 59.9 cm³/mol. The Kier molecular flexibility index (Phi) is 2.90. The maximum absolute atomic E-state index is 9.63. The van der Waals surface area contributed by atoms with E-state index in [0.29, 0.717) is 23.2 Å². The molecule has 1 heterocycles. The van der Waals surface area contributed by atoms with E-state index in [1.807, 2.05) is 6.07 Å². The van der Waals surface area contributed by atoms with Crippen LogP contribution in [0.25, 0.3) is 11.4 Å². The first-order valence-corrected chi connectivity index (χ1v) is 5.27. The van der Waals surface area contributed by atoms with E-state index < -0.39 is 0 Å². The summed E-state index contributed by atoms with van der Waals surface area (Å²) >= 11 is 0. The molecule has 16 heavy (non-hydrogen) atoms. The van der Waals surface area contributed by atoms with Crippen molar-refractivity contribution in [2.45, 2.75) is 20.3 Å². The fraction of sp³-hybridized carbons (Fsp3) is 0.333. The molecular formula is C12H14N2O2. The lowest BCUT2D eigenvalue weighted by atomic mass is 10.1. The van der Waals surface area contributed by atoms with Crippen molar-refractivity contribution in [2.24, 2.45) is 5.92 Å². The Morgan fingerprint density at radius 3 is 2.75 bits per heavy atom. The van der Waals surface area contributed by atoms with Gasteiger partial charge in [-0.25, -0.2) is 0 Å². The Morgan fingerprint density at radius 2 is 2.06 bits per heavy atom. The van der Waals surface area contributed by atoms with Gasteiger partial charge in [-0.2, -0.15) is 4.98 Å². The van der Waals surface area contributed by atoms with E-state index in [1.165, 1.54) is 0 Å². The second kappa shape index (κ2) is 4.35. The van der Waals surface area contributed by atoms with Crippen molar-refractivity contribution >= 4 is 0 Å². The molecule has 2 rings (SSSR count). The molecular weight excluding hydrogens is 204 g/mol. The third-order valence-electron chi connectivity index (χ3n) is 2.20. The van der Waals surface area contributed by atoms with E-state index in [-0.39, 0.29) is 5.75 Å². The van der Waals surface area contributed by atoms with Crippen LogP contribution in [0.2, 0.25) is 0 Å². The molecule has 2 aromatic rings. The summed E-state index contributed by atoms with van der Waals surface area (Å²) in [5, 5.41) is 13.5. The molecule has 0 aliphatic rings. The van der Waals surface area contributed by atoms with Crippen LogP contribution >= 0.6 is 0 Å². The van der Waals surface area contributed by atoms with Gasteiger partial charge >= 0.3 is 0 Å². The zero-order valence-electron chi connectivity index (χ0n) is 9.34. The van der Waals surface area contributed by atoms with Crippen molar-refractivity contribution in [1.29, 1.82) is 0 Å². The van der Waals surface area contributed by atoms with Crippen LogP contribution in [-0.2, 0) is 6.42 Å². The average molecular weight is 218 g/mol. The summed E-state index contributed by atoms with van der Waals surface area (Å²) in [5.74, 6) is 1.68. The summed E-state index contributed by atoms with van der Waals surface area (Å²) in [4.78, 5) is 4.24. The summed E-state index contributed by atoms with van der Waals surface area (Å²) < 4.78 is 5.11. The summed E-state index contributed by atoms with van der Waals surface area (Å²) in [6.45, 7) is 4.17. The maximum atomic E-state index is 9.63. The van der Waals surface area contributed by atoms with Crippen molar-refractivity contribution in [2.75, 3.05) is 0 Å². The highest BCUT2D eigenvalue weighted by Crippen LogP contribution is 2.26. The minimum absolute atomic E-state index is 0.166. The SMILES string of the molecule is CC(C)Cc1nc(-c2ccccc2O)no1. The predicted octanol–water partition coefficient (Wildman–Crippen LogP) is 2.64. The normalized spacial score (nSPS) is 10.9. The monoisotopic (exact) mass is 218 g/mol. The highest BCUT2D eigenvalue weighted by molar-refractivity contribution is 5.62. The highest BCUT2D eigenvalue weighted by Gasteiger charge is 2.12. The van der Waals surface area contributed by atoms with Gasteiger partial charge in [-0.15, -0.1) is 0 Å². The second-order valence-corrected chi connectivity index (χ2v) is 4.13. The van der Waals surface area contributed by atoms with Crippen LogP contribution in [0.15, 0.2) is 28.8 Å². The topological polar surface area (TPSA) is 59.2 Å². The lowest BCUT2D eigenvalue weighted by molar-refractivity contribution is 0.363. The Morgan fingerprint density at radius 1 is 1.31 bits per heavy atom. The quantitative estimate of drug-likeness (QED) is 0.860. The molecule has 0 spiro atoms. The number of nitrogens with zero attached hydrogens (tertiary/aromatic N) is 2. The van der Waals surface area contributed by atoms with Gasteiger partial charge in [-0.1, -0.05) is 31.1 Å². The lowest BCUT2D eigenvalue weighted by Gasteiger charge is -1.97. The molecule has 0 unspecified atom stereocenters. The average Bonchev–Trinajstić information content (AvgIpc) is 2.66. The molecule has 0 radical (unpaired) electrons. The number of rotatable bonds is 3. The van der Waals surface area contributed by atoms with Crippen molar-refractivity contribution in [1.82, 2.24) is 10.1 Å². The first-order chi connectivity index (χ1) is 7.66. The van der Waals surface area contributed by atoms with Crippen LogP contribution in [0.4, 0.5) is 0 Å². The Hall–Kier alpha value is -1.84. The Labute approximate surface area is 93.9 Å². The van der Waals surface area contributed by atoms with Crippen LogP contribution in [0, 0.1) is 5.92 Å². The zero-order valence-corrected chi connectivity index (χ0v) is 9.34. The minimum atomic E-state index is 0.166. The van der Waals surface area contributed by atoms with Crippen LogP contribution in [0.1, 0.15) is 19.7 Å². The van der Waals surface area contributed by atoms with Crippen molar-refractivity contribution in [3.63, 3.8) is 0 Å². The fourth-order valence-electron chi connectivity index (χ4n) is 1.46. The van der Waals surface area contributed by atoms with Crippen molar-refractivity contribution < 1.29 is 9.63 Å². The molecule has 0 aliphatic carbocycles. The van der Waals surface area contributed by atoms with E-state index in [9.17, 15) is 5.11 Å². The Balaban J connectivity index is 2.28. The van der Waals surface area contributed by atoms with Gasteiger partial charge in [-0.05, 0) is 18.1 Å². The summed E-state index contributed by atoms with van der Waals surface area (Å²) in [6.07, 6.45) is 0.751. The van der Waals surface area contributed by atoms with Gasteiger partial charge in [0.2, 0.25) is 11.7 Å². The van der Waals surface area contributed by atoms with Crippen LogP contribution < -0.4 is 0 Å². The number of hydrogen-bond donors (Lipinski definition) is 1. The molecule has 0 saturated heterocycles. The minimum Gasteiger partial charge on any atom is -0.507 e. The number of hydrogen-bond acceptors (Lipinski definition) is 4. The Bertz CT molecular complexity index is 477. The maximum Gasteiger partial charge on any atom is 0.227 e. The molecule has 1 aromatic carbocycles. The molecule has 0 bridgehead atoms. The first-order valence-electron chi connectivity index (χ1n) is 5.27. The van der Waals surface area contributed by atoms with Crippen LogP contribution in [-0.4, -0.2) is 15.2 Å².